The van der Waals surface area contributed by atoms with Crippen LogP contribution < -0.4 is 5.32 Å². The van der Waals surface area contributed by atoms with Gasteiger partial charge in [0.2, 0.25) is 0 Å². The normalized spacial score (nSPS) is 13.3. The predicted molar refractivity (Wildman–Crippen MR) is 65.9 cm³/mol. The molecule has 3 nitrogen and oxygen atoms in total. The number of hydrogen-bond acceptors (Lipinski definition) is 2. The average molecular weight is 268 g/mol. The molecule has 0 saturated carbocycles. The highest BCUT2D eigenvalue weighted by molar-refractivity contribution is 9.10. The van der Waals surface area contributed by atoms with Gasteiger partial charge in [-0.1, -0.05) is 6.07 Å². The summed E-state index contributed by atoms with van der Waals surface area (Å²) >= 11 is 3.47. The third-order valence-corrected chi connectivity index (χ3v) is 3.35. The molecule has 0 aliphatic carbocycles. The molecule has 0 aliphatic heterocycles. The van der Waals surface area contributed by atoms with Crippen molar-refractivity contribution in [3.05, 3.63) is 28.4 Å². The maximum absolute atomic E-state index is 4.33. The number of aryl methyl sites for hydroxylation is 1. The molecule has 1 heterocycles. The molecule has 80 valence electrons. The molecule has 0 saturated heterocycles. The second-order valence-electron chi connectivity index (χ2n) is 3.70. The number of rotatable bonds is 2. The Morgan fingerprint density at radius 2 is 2.20 bits per heavy atom. The monoisotopic (exact) mass is 267 g/mol. The summed E-state index contributed by atoms with van der Waals surface area (Å²) in [6.07, 6.45) is 0. The predicted octanol–water partition coefficient (Wildman–Crippen LogP) is 2.62. The van der Waals surface area contributed by atoms with Crippen molar-refractivity contribution in [2.24, 2.45) is 7.05 Å². The zero-order valence-corrected chi connectivity index (χ0v) is 10.7. The summed E-state index contributed by atoms with van der Waals surface area (Å²) in [5.41, 5.74) is 2.42. The van der Waals surface area contributed by atoms with E-state index < -0.39 is 0 Å². The van der Waals surface area contributed by atoms with E-state index in [1.54, 1.807) is 0 Å². The second kappa shape index (κ2) is 3.94. The van der Waals surface area contributed by atoms with Crippen molar-refractivity contribution in [1.29, 1.82) is 0 Å². The minimum absolute atomic E-state index is 0.363. The first-order valence-corrected chi connectivity index (χ1v) is 5.72. The topological polar surface area (TPSA) is 29.9 Å². The van der Waals surface area contributed by atoms with E-state index in [1.807, 2.05) is 18.8 Å². The van der Waals surface area contributed by atoms with Gasteiger partial charge in [0.1, 0.15) is 4.60 Å². The van der Waals surface area contributed by atoms with Crippen LogP contribution in [0.3, 0.4) is 0 Å². The van der Waals surface area contributed by atoms with E-state index in [4.69, 9.17) is 0 Å². The van der Waals surface area contributed by atoms with Crippen LogP contribution in [0.4, 0.5) is 0 Å². The second-order valence-corrected chi connectivity index (χ2v) is 4.45. The largest absolute Gasteiger partial charge is 0.313 e. The Hall–Kier alpha value is -0.870. The summed E-state index contributed by atoms with van der Waals surface area (Å²) in [4.78, 5) is 0. The van der Waals surface area contributed by atoms with Gasteiger partial charge in [-0.2, -0.15) is 5.10 Å². The molecule has 0 bridgehead atoms. The molecule has 4 heteroatoms. The van der Waals surface area contributed by atoms with Crippen molar-refractivity contribution in [1.82, 2.24) is 15.1 Å². The zero-order chi connectivity index (χ0) is 11.0. The first-order chi connectivity index (χ1) is 7.13. The lowest BCUT2D eigenvalue weighted by Crippen LogP contribution is -2.11. The van der Waals surface area contributed by atoms with Crippen LogP contribution in [0.25, 0.3) is 10.9 Å². The number of aromatic nitrogens is 2. The Bertz CT molecular complexity index is 490. The van der Waals surface area contributed by atoms with Gasteiger partial charge in [0.05, 0.1) is 5.52 Å². The van der Waals surface area contributed by atoms with Crippen molar-refractivity contribution in [2.45, 2.75) is 13.0 Å². The SMILES string of the molecule is CNC(C)c1ccc2c(c1)c(Br)nn2C. The van der Waals surface area contributed by atoms with Gasteiger partial charge in [0.15, 0.2) is 0 Å². The van der Waals surface area contributed by atoms with Crippen LogP contribution in [0, 0.1) is 0 Å². The Labute approximate surface area is 97.6 Å². The average Bonchev–Trinajstić information content (AvgIpc) is 2.53. The molecule has 0 fully saturated rings. The number of benzene rings is 1. The summed E-state index contributed by atoms with van der Waals surface area (Å²) in [6, 6.07) is 6.78. The number of hydrogen-bond donors (Lipinski definition) is 1. The highest BCUT2D eigenvalue weighted by Crippen LogP contribution is 2.25. The van der Waals surface area contributed by atoms with Crippen molar-refractivity contribution < 1.29 is 0 Å². The quantitative estimate of drug-likeness (QED) is 0.907. The van der Waals surface area contributed by atoms with E-state index in [0.29, 0.717) is 6.04 Å². The molecule has 0 spiro atoms. The Morgan fingerprint density at radius 3 is 2.87 bits per heavy atom. The smallest absolute Gasteiger partial charge is 0.135 e. The standard InChI is InChI=1S/C11H14BrN3/c1-7(13-2)8-4-5-10-9(6-8)11(12)14-15(10)3/h4-7,13H,1-3H3. The zero-order valence-electron chi connectivity index (χ0n) is 9.08. The van der Waals surface area contributed by atoms with Gasteiger partial charge in [-0.3, -0.25) is 4.68 Å². The van der Waals surface area contributed by atoms with Crippen LogP contribution >= 0.6 is 15.9 Å². The maximum atomic E-state index is 4.33. The number of fused-ring (bicyclic) bond motifs is 1. The first-order valence-electron chi connectivity index (χ1n) is 4.93. The number of halogens is 1. The molecule has 2 aromatic rings. The van der Waals surface area contributed by atoms with Crippen LogP contribution in [0.2, 0.25) is 0 Å². The van der Waals surface area contributed by atoms with Gasteiger partial charge in [0.25, 0.3) is 0 Å². The molecule has 1 atom stereocenters. The lowest BCUT2D eigenvalue weighted by Gasteiger charge is -2.10. The van der Waals surface area contributed by atoms with E-state index in [9.17, 15) is 0 Å². The fraction of sp³-hybridized carbons (Fsp3) is 0.364. The molecule has 0 amide bonds. The molecule has 0 radical (unpaired) electrons. The molecule has 15 heavy (non-hydrogen) atoms. The van der Waals surface area contributed by atoms with Crippen LogP contribution in [-0.2, 0) is 7.05 Å². The molecule has 1 aromatic heterocycles. The lowest BCUT2D eigenvalue weighted by atomic mass is 10.1. The lowest BCUT2D eigenvalue weighted by molar-refractivity contribution is 0.653. The van der Waals surface area contributed by atoms with E-state index >= 15 is 0 Å². The van der Waals surface area contributed by atoms with E-state index in [0.717, 1.165) is 15.5 Å². The fourth-order valence-corrected chi connectivity index (χ4v) is 2.23. The van der Waals surface area contributed by atoms with E-state index in [2.05, 4.69) is 51.5 Å². The van der Waals surface area contributed by atoms with Gasteiger partial charge in [-0.05, 0) is 47.6 Å². The molecule has 1 aromatic carbocycles. The third-order valence-electron chi connectivity index (χ3n) is 2.76. The van der Waals surface area contributed by atoms with E-state index in [1.165, 1.54) is 5.56 Å². The van der Waals surface area contributed by atoms with E-state index in [-0.39, 0.29) is 0 Å². The summed E-state index contributed by atoms with van der Waals surface area (Å²) < 4.78 is 2.79. The number of nitrogens with zero attached hydrogens (tertiary/aromatic N) is 2. The van der Waals surface area contributed by atoms with Crippen LogP contribution in [0.1, 0.15) is 18.5 Å². The highest BCUT2D eigenvalue weighted by atomic mass is 79.9. The van der Waals surface area contributed by atoms with Crippen molar-refractivity contribution >= 4 is 26.8 Å². The third kappa shape index (κ3) is 1.79. The first kappa shape index (κ1) is 10.6. The highest BCUT2D eigenvalue weighted by Gasteiger charge is 2.09. The Kier molecular flexibility index (Phi) is 2.80. The summed E-state index contributed by atoms with van der Waals surface area (Å²) in [6.45, 7) is 2.14. The molecular formula is C11H14BrN3. The molecular weight excluding hydrogens is 254 g/mol. The van der Waals surface area contributed by atoms with Crippen LogP contribution in [-0.4, -0.2) is 16.8 Å². The van der Waals surface area contributed by atoms with Gasteiger partial charge < -0.3 is 5.32 Å². The maximum Gasteiger partial charge on any atom is 0.135 e. The molecule has 2 rings (SSSR count). The Balaban J connectivity index is 2.60. The minimum Gasteiger partial charge on any atom is -0.313 e. The Morgan fingerprint density at radius 1 is 1.47 bits per heavy atom. The fourth-order valence-electron chi connectivity index (χ4n) is 1.68. The van der Waals surface area contributed by atoms with Crippen LogP contribution in [0.15, 0.2) is 22.8 Å². The molecule has 0 aliphatic rings. The summed E-state index contributed by atoms with van der Waals surface area (Å²) in [5.74, 6) is 0. The van der Waals surface area contributed by atoms with Gasteiger partial charge in [0, 0.05) is 18.5 Å². The van der Waals surface area contributed by atoms with Crippen molar-refractivity contribution in [3.8, 4) is 0 Å². The minimum atomic E-state index is 0.363. The van der Waals surface area contributed by atoms with Gasteiger partial charge in [-0.25, -0.2) is 0 Å². The van der Waals surface area contributed by atoms with Gasteiger partial charge >= 0.3 is 0 Å². The molecule has 1 N–H and O–H groups in total. The summed E-state index contributed by atoms with van der Waals surface area (Å²) in [5, 5.41) is 8.72. The molecule has 1 unspecified atom stereocenters. The van der Waals surface area contributed by atoms with Crippen molar-refractivity contribution in [3.63, 3.8) is 0 Å². The summed E-state index contributed by atoms with van der Waals surface area (Å²) in [7, 11) is 3.92. The van der Waals surface area contributed by atoms with Crippen molar-refractivity contribution in [2.75, 3.05) is 7.05 Å². The van der Waals surface area contributed by atoms with Gasteiger partial charge in [-0.15, -0.1) is 0 Å². The number of nitrogens with one attached hydrogen (secondary N) is 1. The van der Waals surface area contributed by atoms with Crippen LogP contribution in [0.5, 0.6) is 0 Å².